The Morgan fingerprint density at radius 2 is 2.15 bits per heavy atom. The van der Waals surface area contributed by atoms with E-state index in [0.29, 0.717) is 12.0 Å². The van der Waals surface area contributed by atoms with Crippen LogP contribution in [0.3, 0.4) is 0 Å². The average Bonchev–Trinajstić information content (AvgIpc) is 2.49. The molecule has 2 aliphatic rings. The summed E-state index contributed by atoms with van der Waals surface area (Å²) in [5.41, 5.74) is 0. The molecule has 74 valence electrons. The van der Waals surface area contributed by atoms with Gasteiger partial charge >= 0.3 is 6.03 Å². The molecular formula is C9H16N2O2. The minimum Gasteiger partial charge on any atom is -0.381 e. The Morgan fingerprint density at radius 1 is 1.46 bits per heavy atom. The number of hydrogen-bond acceptors (Lipinski definition) is 2. The average molecular weight is 184 g/mol. The van der Waals surface area contributed by atoms with E-state index in [2.05, 4.69) is 5.32 Å². The Kier molecular flexibility index (Phi) is 2.40. The summed E-state index contributed by atoms with van der Waals surface area (Å²) in [5, 5.41) is 3.00. The van der Waals surface area contributed by atoms with Crippen LogP contribution in [-0.4, -0.2) is 43.8 Å². The Morgan fingerprint density at radius 3 is 2.69 bits per heavy atom. The van der Waals surface area contributed by atoms with Crippen molar-refractivity contribution in [2.75, 3.05) is 26.8 Å². The monoisotopic (exact) mass is 184 g/mol. The summed E-state index contributed by atoms with van der Waals surface area (Å²) in [6.07, 6.45) is 2.16. The van der Waals surface area contributed by atoms with Crippen molar-refractivity contribution >= 4 is 6.03 Å². The van der Waals surface area contributed by atoms with E-state index in [1.165, 1.54) is 0 Å². The van der Waals surface area contributed by atoms with Gasteiger partial charge in [0.15, 0.2) is 0 Å². The van der Waals surface area contributed by atoms with Gasteiger partial charge < -0.3 is 15.0 Å². The predicted octanol–water partition coefficient (Wildman–Crippen LogP) is 0.437. The molecule has 0 bridgehead atoms. The summed E-state index contributed by atoms with van der Waals surface area (Å²) in [7, 11) is 1.84. The maximum Gasteiger partial charge on any atom is 0.317 e. The van der Waals surface area contributed by atoms with Crippen molar-refractivity contribution in [2.24, 2.45) is 5.92 Å². The third-order valence-corrected chi connectivity index (χ3v) is 2.96. The molecule has 0 aliphatic carbocycles. The standard InChI is InChI=1S/C9H16N2O2/c1-11-6-8(10-9(11)12)7-2-4-13-5-3-7/h7-8H,2-6H2,1H3,(H,10,12). The normalized spacial score (nSPS) is 30.7. The number of hydrogen-bond donors (Lipinski definition) is 1. The Labute approximate surface area is 78.2 Å². The van der Waals surface area contributed by atoms with E-state index in [4.69, 9.17) is 4.74 Å². The molecule has 2 rings (SSSR count). The van der Waals surface area contributed by atoms with Gasteiger partial charge in [-0.25, -0.2) is 4.79 Å². The molecule has 0 aromatic heterocycles. The molecule has 2 fully saturated rings. The van der Waals surface area contributed by atoms with Crippen molar-refractivity contribution in [3.05, 3.63) is 0 Å². The number of carbonyl (C=O) groups is 1. The summed E-state index contributed by atoms with van der Waals surface area (Å²) < 4.78 is 5.29. The highest BCUT2D eigenvalue weighted by molar-refractivity contribution is 5.76. The van der Waals surface area contributed by atoms with Crippen LogP contribution >= 0.6 is 0 Å². The lowest BCUT2D eigenvalue weighted by atomic mass is 9.92. The van der Waals surface area contributed by atoms with Crippen molar-refractivity contribution in [3.63, 3.8) is 0 Å². The first-order chi connectivity index (χ1) is 6.27. The van der Waals surface area contributed by atoms with Gasteiger partial charge in [0, 0.05) is 26.8 Å². The van der Waals surface area contributed by atoms with Crippen LogP contribution in [0.1, 0.15) is 12.8 Å². The number of rotatable bonds is 1. The fourth-order valence-electron chi connectivity index (χ4n) is 2.08. The van der Waals surface area contributed by atoms with E-state index in [1.807, 2.05) is 7.05 Å². The molecule has 2 heterocycles. The maximum absolute atomic E-state index is 11.2. The van der Waals surface area contributed by atoms with Gasteiger partial charge in [0.1, 0.15) is 0 Å². The van der Waals surface area contributed by atoms with Gasteiger partial charge in [0.25, 0.3) is 0 Å². The van der Waals surface area contributed by atoms with Gasteiger partial charge in [-0.3, -0.25) is 0 Å². The molecule has 0 aromatic carbocycles. The highest BCUT2D eigenvalue weighted by atomic mass is 16.5. The SMILES string of the molecule is CN1CC(C2CCOCC2)NC1=O. The molecule has 0 aromatic rings. The van der Waals surface area contributed by atoms with Crippen LogP contribution in [0.4, 0.5) is 4.79 Å². The molecule has 0 spiro atoms. The lowest BCUT2D eigenvalue weighted by Crippen LogP contribution is -2.37. The lowest BCUT2D eigenvalue weighted by molar-refractivity contribution is 0.0569. The van der Waals surface area contributed by atoms with Crippen LogP contribution in [0.5, 0.6) is 0 Å². The first-order valence-electron chi connectivity index (χ1n) is 4.87. The lowest BCUT2D eigenvalue weighted by Gasteiger charge is -2.26. The van der Waals surface area contributed by atoms with Crippen LogP contribution in [0.25, 0.3) is 0 Å². The van der Waals surface area contributed by atoms with Crippen LogP contribution < -0.4 is 5.32 Å². The van der Waals surface area contributed by atoms with E-state index < -0.39 is 0 Å². The van der Waals surface area contributed by atoms with Gasteiger partial charge in [-0.1, -0.05) is 0 Å². The summed E-state index contributed by atoms with van der Waals surface area (Å²) in [5.74, 6) is 0.614. The third-order valence-electron chi connectivity index (χ3n) is 2.96. The molecule has 1 N–H and O–H groups in total. The zero-order chi connectivity index (χ0) is 9.26. The van der Waals surface area contributed by atoms with Gasteiger partial charge in [0.2, 0.25) is 0 Å². The molecule has 4 nitrogen and oxygen atoms in total. The molecule has 0 radical (unpaired) electrons. The van der Waals surface area contributed by atoms with Crippen LogP contribution in [0.2, 0.25) is 0 Å². The van der Waals surface area contributed by atoms with Crippen LogP contribution in [-0.2, 0) is 4.74 Å². The molecule has 0 saturated carbocycles. The first-order valence-corrected chi connectivity index (χ1v) is 4.87. The molecule has 2 saturated heterocycles. The number of carbonyl (C=O) groups excluding carboxylic acids is 1. The zero-order valence-electron chi connectivity index (χ0n) is 7.95. The zero-order valence-corrected chi connectivity index (χ0v) is 7.95. The maximum atomic E-state index is 11.2. The second kappa shape index (κ2) is 3.54. The number of urea groups is 1. The number of likely N-dealkylation sites (N-methyl/N-ethyl adjacent to an activating group) is 1. The number of nitrogens with one attached hydrogen (secondary N) is 1. The first kappa shape index (κ1) is 8.81. The minimum atomic E-state index is 0.0662. The van der Waals surface area contributed by atoms with E-state index >= 15 is 0 Å². The molecule has 4 heteroatoms. The highest BCUT2D eigenvalue weighted by Crippen LogP contribution is 2.21. The summed E-state index contributed by atoms with van der Waals surface area (Å²) in [4.78, 5) is 13.0. The van der Waals surface area contributed by atoms with Gasteiger partial charge in [0.05, 0.1) is 6.04 Å². The van der Waals surface area contributed by atoms with Crippen molar-refractivity contribution in [1.29, 1.82) is 0 Å². The number of nitrogens with zero attached hydrogens (tertiary/aromatic N) is 1. The van der Waals surface area contributed by atoms with E-state index in [1.54, 1.807) is 4.90 Å². The molecule has 2 amide bonds. The fourth-order valence-corrected chi connectivity index (χ4v) is 2.08. The van der Waals surface area contributed by atoms with Gasteiger partial charge in [-0.05, 0) is 18.8 Å². The van der Waals surface area contributed by atoms with Crippen LogP contribution in [0, 0.1) is 5.92 Å². The quantitative estimate of drug-likeness (QED) is 0.642. The Balaban J connectivity index is 1.90. The van der Waals surface area contributed by atoms with Crippen molar-refractivity contribution in [2.45, 2.75) is 18.9 Å². The van der Waals surface area contributed by atoms with Gasteiger partial charge in [-0.2, -0.15) is 0 Å². The molecule has 2 aliphatic heterocycles. The van der Waals surface area contributed by atoms with Crippen LogP contribution in [0.15, 0.2) is 0 Å². The second-order valence-electron chi connectivity index (χ2n) is 3.89. The molecular weight excluding hydrogens is 168 g/mol. The fraction of sp³-hybridized carbons (Fsp3) is 0.889. The smallest absolute Gasteiger partial charge is 0.317 e. The van der Waals surface area contributed by atoms with E-state index in [-0.39, 0.29) is 6.03 Å². The summed E-state index contributed by atoms with van der Waals surface area (Å²) in [6.45, 7) is 2.55. The molecule has 1 unspecified atom stereocenters. The topological polar surface area (TPSA) is 41.6 Å². The van der Waals surface area contributed by atoms with Crippen molar-refractivity contribution in [3.8, 4) is 0 Å². The highest BCUT2D eigenvalue weighted by Gasteiger charge is 2.32. The van der Waals surface area contributed by atoms with Gasteiger partial charge in [-0.15, -0.1) is 0 Å². The summed E-state index contributed by atoms with van der Waals surface area (Å²) in [6, 6.07) is 0.415. The van der Waals surface area contributed by atoms with E-state index in [9.17, 15) is 4.79 Å². The van der Waals surface area contributed by atoms with Crippen molar-refractivity contribution < 1.29 is 9.53 Å². The Hall–Kier alpha value is -0.770. The Bertz CT molecular complexity index is 202. The third kappa shape index (κ3) is 1.77. The minimum absolute atomic E-state index is 0.0662. The largest absolute Gasteiger partial charge is 0.381 e. The number of ether oxygens (including phenoxy) is 1. The predicted molar refractivity (Wildman–Crippen MR) is 48.5 cm³/mol. The van der Waals surface area contributed by atoms with Crippen molar-refractivity contribution in [1.82, 2.24) is 10.2 Å². The number of amides is 2. The summed E-state index contributed by atoms with van der Waals surface area (Å²) >= 11 is 0. The van der Waals surface area contributed by atoms with E-state index in [0.717, 1.165) is 32.6 Å². The molecule has 13 heavy (non-hydrogen) atoms. The second-order valence-corrected chi connectivity index (χ2v) is 3.89. The molecule has 1 atom stereocenters.